The summed E-state index contributed by atoms with van der Waals surface area (Å²) in [6.07, 6.45) is 2.32. The van der Waals surface area contributed by atoms with Crippen LogP contribution < -0.4 is 10.6 Å². The summed E-state index contributed by atoms with van der Waals surface area (Å²) in [6.45, 7) is 1.34. The molecule has 2 atom stereocenters. The minimum atomic E-state index is -0.448. The summed E-state index contributed by atoms with van der Waals surface area (Å²) in [5.74, 6) is -0.372. The maximum absolute atomic E-state index is 12.2. The van der Waals surface area contributed by atoms with E-state index in [4.69, 9.17) is 4.74 Å². The van der Waals surface area contributed by atoms with Crippen LogP contribution in [-0.4, -0.2) is 41.5 Å². The first-order valence-electron chi connectivity index (χ1n) is 7.80. The summed E-state index contributed by atoms with van der Waals surface area (Å²) in [5.41, 5.74) is 0.693. The molecule has 0 bridgehead atoms. The largest absolute Gasteiger partial charge is 0.376 e. The van der Waals surface area contributed by atoms with Crippen LogP contribution >= 0.6 is 27.7 Å². The number of benzene rings is 1. The minimum Gasteiger partial charge on any atom is -0.376 e. The molecular weight excluding hydrogens is 394 g/mol. The molecule has 2 fully saturated rings. The average molecular weight is 412 g/mol. The molecule has 0 aliphatic carbocycles. The molecule has 0 unspecified atom stereocenters. The molecular formula is C16H18BrN3O3S. The van der Waals surface area contributed by atoms with Crippen LogP contribution in [0.5, 0.6) is 0 Å². The number of aliphatic imine (C=N–C) groups is 1. The molecule has 1 aromatic rings. The van der Waals surface area contributed by atoms with Gasteiger partial charge in [-0.05, 0) is 40.9 Å². The number of ether oxygens (including phenoxy) is 1. The zero-order valence-electron chi connectivity index (χ0n) is 13.0. The summed E-state index contributed by atoms with van der Waals surface area (Å²) in [4.78, 5) is 28.6. The first-order valence-corrected chi connectivity index (χ1v) is 9.47. The van der Waals surface area contributed by atoms with E-state index in [9.17, 15) is 9.59 Å². The molecule has 2 amide bonds. The van der Waals surface area contributed by atoms with Crippen LogP contribution in [0, 0.1) is 0 Å². The molecule has 2 N–H and O–H groups in total. The second kappa shape index (κ2) is 8.13. The number of carbonyl (C=O) groups is 2. The highest BCUT2D eigenvalue weighted by Crippen LogP contribution is 2.25. The third-order valence-electron chi connectivity index (χ3n) is 3.76. The van der Waals surface area contributed by atoms with E-state index in [1.54, 1.807) is 6.07 Å². The van der Waals surface area contributed by atoms with Crippen molar-refractivity contribution in [1.82, 2.24) is 5.32 Å². The fourth-order valence-electron chi connectivity index (χ4n) is 2.52. The van der Waals surface area contributed by atoms with Gasteiger partial charge in [0.05, 0.1) is 18.3 Å². The Balaban J connectivity index is 1.51. The monoisotopic (exact) mass is 411 g/mol. The lowest BCUT2D eigenvalue weighted by Crippen LogP contribution is -2.28. The van der Waals surface area contributed by atoms with Crippen LogP contribution in [-0.2, 0) is 14.3 Å². The van der Waals surface area contributed by atoms with Gasteiger partial charge in [-0.3, -0.25) is 14.6 Å². The van der Waals surface area contributed by atoms with Crippen molar-refractivity contribution in [2.75, 3.05) is 18.5 Å². The topological polar surface area (TPSA) is 79.8 Å². The quantitative estimate of drug-likeness (QED) is 0.779. The summed E-state index contributed by atoms with van der Waals surface area (Å²) >= 11 is 4.69. The van der Waals surface area contributed by atoms with Gasteiger partial charge in [0.25, 0.3) is 0 Å². The molecule has 128 valence electrons. The van der Waals surface area contributed by atoms with Gasteiger partial charge in [0.2, 0.25) is 11.8 Å². The number of halogens is 1. The molecule has 24 heavy (non-hydrogen) atoms. The maximum atomic E-state index is 12.2. The number of rotatable bonds is 5. The SMILES string of the molecule is O=C(C[C@H]1SC(=NC[C@@H]2CCCO2)NC1=O)Nc1ccccc1Br. The van der Waals surface area contributed by atoms with Crippen molar-refractivity contribution in [3.8, 4) is 0 Å². The van der Waals surface area contributed by atoms with Crippen LogP contribution in [0.15, 0.2) is 33.7 Å². The number of amidine groups is 1. The van der Waals surface area contributed by atoms with Crippen molar-refractivity contribution < 1.29 is 14.3 Å². The van der Waals surface area contributed by atoms with Gasteiger partial charge < -0.3 is 15.4 Å². The van der Waals surface area contributed by atoms with Gasteiger partial charge in [0.1, 0.15) is 5.25 Å². The van der Waals surface area contributed by atoms with Gasteiger partial charge in [-0.25, -0.2) is 0 Å². The van der Waals surface area contributed by atoms with Crippen molar-refractivity contribution in [1.29, 1.82) is 0 Å². The lowest BCUT2D eigenvalue weighted by atomic mass is 10.2. The van der Waals surface area contributed by atoms with E-state index in [0.717, 1.165) is 23.9 Å². The third-order valence-corrected chi connectivity index (χ3v) is 5.57. The fraction of sp³-hybridized carbons (Fsp3) is 0.438. The van der Waals surface area contributed by atoms with E-state index in [1.807, 2.05) is 18.2 Å². The molecule has 2 aliphatic heterocycles. The smallest absolute Gasteiger partial charge is 0.240 e. The Morgan fingerprint density at radius 1 is 1.46 bits per heavy atom. The lowest BCUT2D eigenvalue weighted by molar-refractivity contribution is -0.122. The Morgan fingerprint density at radius 3 is 3.04 bits per heavy atom. The number of hydrogen-bond donors (Lipinski definition) is 2. The van der Waals surface area contributed by atoms with Gasteiger partial charge in [0, 0.05) is 17.5 Å². The third kappa shape index (κ3) is 4.58. The zero-order valence-corrected chi connectivity index (χ0v) is 15.4. The molecule has 6 nitrogen and oxygen atoms in total. The van der Waals surface area contributed by atoms with Crippen molar-refractivity contribution in [3.05, 3.63) is 28.7 Å². The second-order valence-corrected chi connectivity index (χ2v) is 7.65. The summed E-state index contributed by atoms with van der Waals surface area (Å²) in [5, 5.41) is 5.68. The van der Waals surface area contributed by atoms with Crippen molar-refractivity contribution in [3.63, 3.8) is 0 Å². The predicted molar refractivity (Wildman–Crippen MR) is 98.2 cm³/mol. The van der Waals surface area contributed by atoms with E-state index >= 15 is 0 Å². The van der Waals surface area contributed by atoms with Crippen LogP contribution in [0.4, 0.5) is 5.69 Å². The molecule has 1 aromatic carbocycles. The van der Waals surface area contributed by atoms with E-state index in [2.05, 4.69) is 31.6 Å². The molecule has 0 radical (unpaired) electrons. The standard InChI is InChI=1S/C16H18BrN3O3S/c17-11-5-1-2-6-12(11)19-14(21)8-13-15(22)20-16(24-13)18-9-10-4-3-7-23-10/h1-2,5-6,10,13H,3-4,7-9H2,(H,19,21)(H,18,20,22)/t10-,13+/m0/s1. The molecule has 0 saturated carbocycles. The maximum Gasteiger partial charge on any atom is 0.240 e. The molecule has 3 rings (SSSR count). The van der Waals surface area contributed by atoms with Crippen molar-refractivity contribution in [2.45, 2.75) is 30.6 Å². The second-order valence-electron chi connectivity index (χ2n) is 5.61. The van der Waals surface area contributed by atoms with Crippen LogP contribution in [0.1, 0.15) is 19.3 Å². The Kier molecular flexibility index (Phi) is 5.91. The Labute approximate surface area is 152 Å². The summed E-state index contributed by atoms with van der Waals surface area (Å²) in [6, 6.07) is 7.37. The van der Waals surface area contributed by atoms with Crippen LogP contribution in [0.2, 0.25) is 0 Å². The molecule has 2 aliphatic rings. The average Bonchev–Trinajstić information content (AvgIpc) is 3.18. The van der Waals surface area contributed by atoms with E-state index < -0.39 is 5.25 Å². The Morgan fingerprint density at radius 2 is 2.29 bits per heavy atom. The number of amides is 2. The number of hydrogen-bond acceptors (Lipinski definition) is 5. The molecule has 0 aromatic heterocycles. The fourth-order valence-corrected chi connectivity index (χ4v) is 3.88. The first-order chi connectivity index (χ1) is 11.6. The van der Waals surface area contributed by atoms with E-state index in [1.165, 1.54) is 11.8 Å². The number of carbonyl (C=O) groups excluding carboxylic acids is 2. The van der Waals surface area contributed by atoms with E-state index in [-0.39, 0.29) is 24.3 Å². The van der Waals surface area contributed by atoms with E-state index in [0.29, 0.717) is 17.4 Å². The first kappa shape index (κ1) is 17.4. The van der Waals surface area contributed by atoms with Gasteiger partial charge in [0.15, 0.2) is 5.17 Å². The summed E-state index contributed by atoms with van der Waals surface area (Å²) < 4.78 is 6.32. The number of nitrogens with zero attached hydrogens (tertiary/aromatic N) is 1. The lowest BCUT2D eigenvalue weighted by Gasteiger charge is -2.08. The molecule has 2 heterocycles. The van der Waals surface area contributed by atoms with Gasteiger partial charge in [-0.2, -0.15) is 0 Å². The zero-order chi connectivity index (χ0) is 16.9. The number of anilines is 1. The molecule has 0 spiro atoms. The highest BCUT2D eigenvalue weighted by molar-refractivity contribution is 9.10. The highest BCUT2D eigenvalue weighted by Gasteiger charge is 2.32. The van der Waals surface area contributed by atoms with Crippen molar-refractivity contribution in [2.24, 2.45) is 4.99 Å². The highest BCUT2D eigenvalue weighted by atomic mass is 79.9. The van der Waals surface area contributed by atoms with Gasteiger partial charge in [-0.15, -0.1) is 0 Å². The predicted octanol–water partition coefficient (Wildman–Crippen LogP) is 2.54. The minimum absolute atomic E-state index is 0.108. The normalized spacial score (nSPS) is 25.0. The van der Waals surface area contributed by atoms with Crippen molar-refractivity contribution >= 4 is 50.4 Å². The molecule has 8 heteroatoms. The number of nitrogens with one attached hydrogen (secondary N) is 2. The Bertz CT molecular complexity index is 662. The number of thioether (sulfide) groups is 1. The summed E-state index contributed by atoms with van der Waals surface area (Å²) in [7, 11) is 0. The molecule has 2 saturated heterocycles. The number of para-hydroxylation sites is 1. The van der Waals surface area contributed by atoms with Crippen LogP contribution in [0.3, 0.4) is 0 Å². The van der Waals surface area contributed by atoms with Gasteiger partial charge in [-0.1, -0.05) is 23.9 Å². The van der Waals surface area contributed by atoms with Crippen LogP contribution in [0.25, 0.3) is 0 Å². The van der Waals surface area contributed by atoms with Gasteiger partial charge >= 0.3 is 0 Å². The Hall–Kier alpha value is -1.38.